The molecule has 1 rings (SSSR count). The van der Waals surface area contributed by atoms with Crippen molar-refractivity contribution in [3.8, 4) is 5.75 Å². The standard InChI is InChI=1S/C13H14F6N2O3/c1-11(2,3)24-10(22)21-7-5-20-9(13(17,18)19)4-8(7)23-6-12(14,15)16/h4-5H,6H2,1-3H3,(H,21,22). The number of halogens is 6. The van der Waals surface area contributed by atoms with Crippen molar-refractivity contribution in [1.29, 1.82) is 0 Å². The Kier molecular flexibility index (Phi) is 5.57. The molecule has 0 fully saturated rings. The van der Waals surface area contributed by atoms with E-state index in [-0.39, 0.29) is 6.07 Å². The van der Waals surface area contributed by atoms with Crippen molar-refractivity contribution < 1.29 is 40.6 Å². The first-order valence-electron chi connectivity index (χ1n) is 6.44. The van der Waals surface area contributed by atoms with Crippen molar-refractivity contribution in [2.75, 3.05) is 11.9 Å². The van der Waals surface area contributed by atoms with E-state index in [1.165, 1.54) is 20.8 Å². The Balaban J connectivity index is 3.07. The molecule has 1 aromatic heterocycles. The van der Waals surface area contributed by atoms with Crippen LogP contribution in [0.4, 0.5) is 36.8 Å². The summed E-state index contributed by atoms with van der Waals surface area (Å²) >= 11 is 0. The van der Waals surface area contributed by atoms with Gasteiger partial charge in [0.2, 0.25) is 0 Å². The summed E-state index contributed by atoms with van der Waals surface area (Å²) in [6, 6.07) is 0.262. The summed E-state index contributed by atoms with van der Waals surface area (Å²) in [4.78, 5) is 14.7. The highest BCUT2D eigenvalue weighted by molar-refractivity contribution is 5.86. The molecule has 0 saturated carbocycles. The van der Waals surface area contributed by atoms with Gasteiger partial charge in [0.25, 0.3) is 0 Å². The normalized spacial score (nSPS) is 12.7. The minimum absolute atomic E-state index is 0.262. The van der Waals surface area contributed by atoms with E-state index in [1.54, 1.807) is 0 Å². The van der Waals surface area contributed by atoms with E-state index in [0.29, 0.717) is 6.20 Å². The van der Waals surface area contributed by atoms with Crippen LogP contribution in [0.5, 0.6) is 5.75 Å². The average Bonchev–Trinajstić information content (AvgIpc) is 2.32. The molecule has 0 unspecified atom stereocenters. The van der Waals surface area contributed by atoms with Gasteiger partial charge in [0.1, 0.15) is 22.7 Å². The molecule has 0 aromatic carbocycles. The maximum Gasteiger partial charge on any atom is 0.433 e. The highest BCUT2D eigenvalue weighted by Gasteiger charge is 2.35. The minimum Gasteiger partial charge on any atom is -0.482 e. The third-order valence-electron chi connectivity index (χ3n) is 2.18. The fraction of sp³-hybridized carbons (Fsp3) is 0.538. The van der Waals surface area contributed by atoms with E-state index < -0.39 is 47.8 Å². The number of rotatable bonds is 3. The molecule has 11 heteroatoms. The van der Waals surface area contributed by atoms with Crippen LogP contribution in [-0.4, -0.2) is 29.5 Å². The molecule has 0 bridgehead atoms. The van der Waals surface area contributed by atoms with Crippen LogP contribution >= 0.6 is 0 Å². The van der Waals surface area contributed by atoms with Gasteiger partial charge in [-0.1, -0.05) is 0 Å². The molecule has 1 N–H and O–H groups in total. The molecule has 1 aromatic rings. The molecule has 5 nitrogen and oxygen atoms in total. The molecule has 136 valence electrons. The molecule has 0 spiro atoms. The second-order valence-corrected chi connectivity index (χ2v) is 5.59. The Morgan fingerprint density at radius 1 is 1.17 bits per heavy atom. The van der Waals surface area contributed by atoms with E-state index in [9.17, 15) is 31.1 Å². The van der Waals surface area contributed by atoms with Crippen molar-refractivity contribution in [1.82, 2.24) is 4.98 Å². The first-order valence-corrected chi connectivity index (χ1v) is 6.44. The number of pyridine rings is 1. The number of hydrogen-bond donors (Lipinski definition) is 1. The molecule has 0 aliphatic heterocycles. The van der Waals surface area contributed by atoms with Crippen LogP contribution in [0.3, 0.4) is 0 Å². The average molecular weight is 360 g/mol. The number of nitrogens with zero attached hydrogens (tertiary/aromatic N) is 1. The molecule has 0 aliphatic carbocycles. The number of hydrogen-bond acceptors (Lipinski definition) is 4. The Hall–Kier alpha value is -2.20. The highest BCUT2D eigenvalue weighted by Crippen LogP contribution is 2.34. The van der Waals surface area contributed by atoms with Gasteiger partial charge in [-0.2, -0.15) is 26.3 Å². The molecule has 1 amide bonds. The smallest absolute Gasteiger partial charge is 0.433 e. The third kappa shape index (κ3) is 6.92. The maximum absolute atomic E-state index is 12.6. The molecule has 24 heavy (non-hydrogen) atoms. The lowest BCUT2D eigenvalue weighted by atomic mass is 10.2. The summed E-state index contributed by atoms with van der Waals surface area (Å²) in [6.07, 6.45) is -10.2. The summed E-state index contributed by atoms with van der Waals surface area (Å²) in [5.74, 6) is -0.833. The molecular weight excluding hydrogens is 346 g/mol. The maximum atomic E-state index is 12.6. The number of amides is 1. The fourth-order valence-corrected chi connectivity index (χ4v) is 1.38. The van der Waals surface area contributed by atoms with E-state index in [1.807, 2.05) is 5.32 Å². The number of carbonyl (C=O) groups excluding carboxylic acids is 1. The van der Waals surface area contributed by atoms with Crippen molar-refractivity contribution in [2.24, 2.45) is 0 Å². The van der Waals surface area contributed by atoms with Crippen LogP contribution in [0.15, 0.2) is 12.3 Å². The van der Waals surface area contributed by atoms with Crippen molar-refractivity contribution >= 4 is 11.8 Å². The van der Waals surface area contributed by atoms with E-state index in [0.717, 1.165) is 0 Å². The summed E-state index contributed by atoms with van der Waals surface area (Å²) < 4.78 is 83.7. The third-order valence-corrected chi connectivity index (χ3v) is 2.18. The molecule has 0 radical (unpaired) electrons. The number of carbonyl (C=O) groups is 1. The van der Waals surface area contributed by atoms with Gasteiger partial charge in [-0.25, -0.2) is 9.78 Å². The van der Waals surface area contributed by atoms with E-state index in [4.69, 9.17) is 4.74 Å². The zero-order valence-corrected chi connectivity index (χ0v) is 12.8. The minimum atomic E-state index is -4.89. The lowest BCUT2D eigenvalue weighted by Gasteiger charge is -2.20. The fourth-order valence-electron chi connectivity index (χ4n) is 1.38. The van der Waals surface area contributed by atoms with Gasteiger partial charge in [-0.15, -0.1) is 0 Å². The monoisotopic (exact) mass is 360 g/mol. The summed E-state index contributed by atoms with van der Waals surface area (Å²) in [7, 11) is 0. The van der Waals surface area contributed by atoms with Gasteiger partial charge in [-0.05, 0) is 20.8 Å². The van der Waals surface area contributed by atoms with E-state index >= 15 is 0 Å². The van der Waals surface area contributed by atoms with Crippen molar-refractivity contribution in [2.45, 2.75) is 38.7 Å². The second-order valence-electron chi connectivity index (χ2n) is 5.59. The highest BCUT2D eigenvalue weighted by atomic mass is 19.4. The van der Waals surface area contributed by atoms with Crippen LogP contribution in [0.1, 0.15) is 26.5 Å². The quantitative estimate of drug-likeness (QED) is 0.813. The summed E-state index contributed by atoms with van der Waals surface area (Å²) in [5, 5.41) is 2.00. The first kappa shape index (κ1) is 19.8. The molecule has 1 heterocycles. The number of alkyl halides is 6. The Bertz CT molecular complexity index is 593. The van der Waals surface area contributed by atoms with Crippen LogP contribution in [0.25, 0.3) is 0 Å². The molecule has 0 atom stereocenters. The number of nitrogens with one attached hydrogen (secondary N) is 1. The zero-order chi connectivity index (χ0) is 18.8. The predicted molar refractivity (Wildman–Crippen MR) is 70.6 cm³/mol. The predicted octanol–water partition coefficient (Wildman–Crippen LogP) is 4.39. The molecule has 0 aliphatic rings. The number of ether oxygens (including phenoxy) is 2. The Morgan fingerprint density at radius 2 is 1.75 bits per heavy atom. The Morgan fingerprint density at radius 3 is 2.21 bits per heavy atom. The van der Waals surface area contributed by atoms with Gasteiger partial charge in [0.15, 0.2) is 6.61 Å². The van der Waals surface area contributed by atoms with Crippen LogP contribution < -0.4 is 10.1 Å². The lowest BCUT2D eigenvalue weighted by molar-refractivity contribution is -0.153. The Labute approximate surface area is 133 Å². The molecule has 0 saturated heterocycles. The topological polar surface area (TPSA) is 60.5 Å². The van der Waals surface area contributed by atoms with Crippen LogP contribution in [0.2, 0.25) is 0 Å². The van der Waals surface area contributed by atoms with Gasteiger partial charge >= 0.3 is 18.4 Å². The number of anilines is 1. The molecular formula is C13H14F6N2O3. The lowest BCUT2D eigenvalue weighted by Crippen LogP contribution is -2.28. The second kappa shape index (κ2) is 6.73. The first-order chi connectivity index (χ1) is 10.7. The number of aromatic nitrogens is 1. The van der Waals surface area contributed by atoms with Crippen LogP contribution in [0, 0.1) is 0 Å². The van der Waals surface area contributed by atoms with Gasteiger partial charge in [-0.3, -0.25) is 5.32 Å². The van der Waals surface area contributed by atoms with E-state index in [2.05, 4.69) is 9.72 Å². The van der Waals surface area contributed by atoms with Gasteiger partial charge in [0.05, 0.1) is 6.20 Å². The van der Waals surface area contributed by atoms with Gasteiger partial charge < -0.3 is 9.47 Å². The summed E-state index contributed by atoms with van der Waals surface area (Å²) in [6.45, 7) is 2.74. The van der Waals surface area contributed by atoms with Crippen molar-refractivity contribution in [3.05, 3.63) is 18.0 Å². The van der Waals surface area contributed by atoms with Crippen LogP contribution in [-0.2, 0) is 10.9 Å². The largest absolute Gasteiger partial charge is 0.482 e. The van der Waals surface area contributed by atoms with Gasteiger partial charge in [0, 0.05) is 6.07 Å². The summed E-state index contributed by atoms with van der Waals surface area (Å²) in [5.41, 5.74) is -2.87. The van der Waals surface area contributed by atoms with Crippen molar-refractivity contribution in [3.63, 3.8) is 0 Å². The zero-order valence-electron chi connectivity index (χ0n) is 12.8. The SMILES string of the molecule is CC(C)(C)OC(=O)Nc1cnc(C(F)(F)F)cc1OCC(F)(F)F.